The highest BCUT2D eigenvalue weighted by atomic mass is 16.3. The fourth-order valence-electron chi connectivity index (χ4n) is 5.35. The highest BCUT2D eigenvalue weighted by Crippen LogP contribution is 2.64. The molecule has 0 bridgehead atoms. The number of fused-ring (bicyclic) bond motifs is 4. The van der Waals surface area contributed by atoms with Gasteiger partial charge in [0.05, 0.1) is 0 Å². The Hall–Kier alpha value is -2.36. The zero-order valence-corrected chi connectivity index (χ0v) is 15.0. The maximum atomic E-state index is 10.1. The Kier molecular flexibility index (Phi) is 3.61. The Morgan fingerprint density at radius 3 is 1.15 bits per heavy atom. The fourth-order valence-corrected chi connectivity index (χ4v) is 5.35. The summed E-state index contributed by atoms with van der Waals surface area (Å²) in [4.78, 5) is 0. The molecular formula is C22H28O4. The van der Waals surface area contributed by atoms with Crippen LogP contribution < -0.4 is 0 Å². The van der Waals surface area contributed by atoms with Gasteiger partial charge in [-0.05, 0) is 70.2 Å². The van der Waals surface area contributed by atoms with Crippen LogP contribution in [0.15, 0.2) is 24.3 Å². The van der Waals surface area contributed by atoms with Crippen molar-refractivity contribution in [2.45, 2.75) is 64.2 Å². The average Bonchev–Trinajstić information content (AvgIpc) is 2.82. The van der Waals surface area contributed by atoms with E-state index in [9.17, 15) is 20.4 Å². The van der Waals surface area contributed by atoms with E-state index in [1.165, 1.54) is 0 Å². The van der Waals surface area contributed by atoms with Crippen molar-refractivity contribution in [2.75, 3.05) is 0 Å². The first-order chi connectivity index (χ1) is 11.5. The predicted octanol–water partition coefficient (Wildman–Crippen LogP) is 4.79. The van der Waals surface area contributed by atoms with Gasteiger partial charge < -0.3 is 20.4 Å². The van der Waals surface area contributed by atoms with Gasteiger partial charge in [0.1, 0.15) is 0 Å². The van der Waals surface area contributed by atoms with Crippen LogP contribution in [0.4, 0.5) is 0 Å². The third kappa shape index (κ3) is 2.14. The summed E-state index contributed by atoms with van der Waals surface area (Å²) in [5.74, 6) is -0.444. The molecule has 4 rings (SSSR count). The van der Waals surface area contributed by atoms with Gasteiger partial charge in [-0.2, -0.15) is 0 Å². The minimum atomic E-state index is -0.353. The zero-order valence-electron chi connectivity index (χ0n) is 15.0. The minimum absolute atomic E-state index is 0. The van der Waals surface area contributed by atoms with E-state index >= 15 is 0 Å². The molecule has 2 aliphatic carbocycles. The SMILES string of the molecule is C.CC1(C)CC2(CC(C)(C)c3cc(O)c(O)cc32)c2cc(O)c(O)cc21. The zero-order chi connectivity index (χ0) is 18.4. The molecule has 4 heteroatoms. The van der Waals surface area contributed by atoms with Gasteiger partial charge in [-0.3, -0.25) is 0 Å². The highest BCUT2D eigenvalue weighted by molar-refractivity contribution is 5.65. The van der Waals surface area contributed by atoms with E-state index in [0.717, 1.165) is 35.1 Å². The molecule has 0 saturated heterocycles. The largest absolute Gasteiger partial charge is 0.504 e. The Bertz CT molecular complexity index is 833. The summed E-state index contributed by atoms with van der Waals surface area (Å²) in [5, 5.41) is 40.3. The topological polar surface area (TPSA) is 80.9 Å². The second kappa shape index (κ2) is 5.09. The van der Waals surface area contributed by atoms with Gasteiger partial charge in [0.25, 0.3) is 0 Å². The van der Waals surface area contributed by atoms with Gasteiger partial charge in [0, 0.05) is 5.41 Å². The second-order valence-corrected chi connectivity index (χ2v) is 8.98. The average molecular weight is 356 g/mol. The molecule has 26 heavy (non-hydrogen) atoms. The van der Waals surface area contributed by atoms with E-state index in [0.29, 0.717) is 0 Å². The smallest absolute Gasteiger partial charge is 0.157 e. The van der Waals surface area contributed by atoms with Crippen molar-refractivity contribution >= 4 is 0 Å². The summed E-state index contributed by atoms with van der Waals surface area (Å²) in [6.45, 7) is 8.56. The summed E-state index contributed by atoms with van der Waals surface area (Å²) in [5.41, 5.74) is 3.36. The van der Waals surface area contributed by atoms with Crippen LogP contribution in [0.1, 0.15) is 70.2 Å². The molecule has 2 aromatic rings. The molecule has 0 atom stereocenters. The Morgan fingerprint density at radius 1 is 0.577 bits per heavy atom. The third-order valence-corrected chi connectivity index (χ3v) is 6.21. The lowest BCUT2D eigenvalue weighted by molar-refractivity contribution is 0.348. The van der Waals surface area contributed by atoms with Crippen LogP contribution in [-0.2, 0) is 16.2 Å². The molecule has 0 amide bonds. The number of aromatic hydroxyl groups is 4. The standard InChI is InChI=1S/C21H24O4.CH4/c1-19(2)9-21(13-7-17(24)15(22)5-11(13)19)10-20(3,4)12-6-16(23)18(25)8-14(12)21;/h5-8,22-25H,9-10H2,1-4H3;1H4. The van der Waals surface area contributed by atoms with Crippen molar-refractivity contribution in [3.63, 3.8) is 0 Å². The predicted molar refractivity (Wildman–Crippen MR) is 102 cm³/mol. The Labute approximate surface area is 154 Å². The van der Waals surface area contributed by atoms with Crippen LogP contribution in [0.5, 0.6) is 23.0 Å². The number of phenols is 4. The summed E-state index contributed by atoms with van der Waals surface area (Å²) >= 11 is 0. The number of rotatable bonds is 0. The van der Waals surface area contributed by atoms with Crippen LogP contribution >= 0.6 is 0 Å². The summed E-state index contributed by atoms with van der Waals surface area (Å²) in [6.07, 6.45) is 1.64. The van der Waals surface area contributed by atoms with E-state index in [1.807, 2.05) is 0 Å². The molecule has 140 valence electrons. The second-order valence-electron chi connectivity index (χ2n) is 8.98. The van der Waals surface area contributed by atoms with Crippen molar-refractivity contribution in [1.29, 1.82) is 0 Å². The molecule has 0 fully saturated rings. The molecule has 0 unspecified atom stereocenters. The molecule has 0 saturated carbocycles. The third-order valence-electron chi connectivity index (χ3n) is 6.21. The van der Waals surface area contributed by atoms with E-state index < -0.39 is 0 Å². The number of hydrogen-bond donors (Lipinski definition) is 4. The first-order valence-electron chi connectivity index (χ1n) is 8.62. The Balaban J connectivity index is 0.00000196. The van der Waals surface area contributed by atoms with E-state index in [-0.39, 0.29) is 46.7 Å². The molecular weight excluding hydrogens is 328 g/mol. The van der Waals surface area contributed by atoms with Crippen LogP contribution in [0, 0.1) is 0 Å². The van der Waals surface area contributed by atoms with Crippen molar-refractivity contribution < 1.29 is 20.4 Å². The Morgan fingerprint density at radius 2 is 0.846 bits per heavy atom. The van der Waals surface area contributed by atoms with Crippen molar-refractivity contribution in [3.05, 3.63) is 46.5 Å². The molecule has 0 heterocycles. The number of phenolic OH excluding ortho intramolecular Hbond substituents is 4. The quantitative estimate of drug-likeness (QED) is 0.511. The first kappa shape index (κ1) is 18.4. The van der Waals surface area contributed by atoms with Gasteiger partial charge in [-0.25, -0.2) is 0 Å². The lowest BCUT2D eigenvalue weighted by atomic mass is 9.72. The van der Waals surface area contributed by atoms with Crippen molar-refractivity contribution in [2.24, 2.45) is 0 Å². The lowest BCUT2D eigenvalue weighted by Gasteiger charge is -2.30. The molecule has 4 nitrogen and oxygen atoms in total. The molecule has 1 spiro atoms. The number of benzene rings is 2. The van der Waals surface area contributed by atoms with Gasteiger partial charge in [0.2, 0.25) is 0 Å². The van der Waals surface area contributed by atoms with Gasteiger partial charge in [-0.1, -0.05) is 35.1 Å². The number of hydrogen-bond acceptors (Lipinski definition) is 4. The maximum absolute atomic E-state index is 10.1. The van der Waals surface area contributed by atoms with Crippen LogP contribution in [0.3, 0.4) is 0 Å². The summed E-state index contributed by atoms with van der Waals surface area (Å²) in [6, 6.07) is 6.69. The van der Waals surface area contributed by atoms with E-state index in [4.69, 9.17) is 0 Å². The van der Waals surface area contributed by atoms with E-state index in [2.05, 4.69) is 27.7 Å². The van der Waals surface area contributed by atoms with Gasteiger partial charge >= 0.3 is 0 Å². The van der Waals surface area contributed by atoms with Gasteiger partial charge in [-0.15, -0.1) is 0 Å². The van der Waals surface area contributed by atoms with E-state index in [1.54, 1.807) is 24.3 Å². The molecule has 0 radical (unpaired) electrons. The van der Waals surface area contributed by atoms with Crippen LogP contribution in [0.2, 0.25) is 0 Å². The van der Waals surface area contributed by atoms with Crippen molar-refractivity contribution in [3.8, 4) is 23.0 Å². The van der Waals surface area contributed by atoms with Crippen molar-refractivity contribution in [1.82, 2.24) is 0 Å². The summed E-state index contributed by atoms with van der Waals surface area (Å²) < 4.78 is 0. The lowest BCUT2D eigenvalue weighted by Crippen LogP contribution is -2.26. The molecule has 0 aromatic heterocycles. The van der Waals surface area contributed by atoms with Gasteiger partial charge in [0.15, 0.2) is 23.0 Å². The molecule has 0 aliphatic heterocycles. The first-order valence-corrected chi connectivity index (χ1v) is 8.62. The normalized spacial score (nSPS) is 20.5. The molecule has 2 aliphatic rings. The van der Waals surface area contributed by atoms with Crippen LogP contribution in [0.25, 0.3) is 0 Å². The fraction of sp³-hybridized carbons (Fsp3) is 0.455. The molecule has 4 N–H and O–H groups in total. The maximum Gasteiger partial charge on any atom is 0.157 e. The minimum Gasteiger partial charge on any atom is -0.504 e. The summed E-state index contributed by atoms with van der Waals surface area (Å²) in [7, 11) is 0. The molecule has 2 aromatic carbocycles. The highest BCUT2D eigenvalue weighted by Gasteiger charge is 2.56. The van der Waals surface area contributed by atoms with Crippen LogP contribution in [-0.4, -0.2) is 20.4 Å². The monoisotopic (exact) mass is 356 g/mol.